The minimum atomic E-state index is 0.600. The Morgan fingerprint density at radius 3 is 2.33 bits per heavy atom. The molecule has 0 heterocycles. The Morgan fingerprint density at radius 2 is 1.87 bits per heavy atom. The molecule has 0 aliphatic rings. The quantitative estimate of drug-likeness (QED) is 0.615. The van der Waals surface area contributed by atoms with Crippen molar-refractivity contribution in [2.24, 2.45) is 5.73 Å². The molecule has 3 heteroatoms. The molecule has 0 aliphatic heterocycles. The first-order valence-corrected chi connectivity index (χ1v) is 6.14. The van der Waals surface area contributed by atoms with Gasteiger partial charge in [-0.2, -0.15) is 0 Å². The van der Waals surface area contributed by atoms with E-state index in [0.29, 0.717) is 11.9 Å². The average Bonchev–Trinajstić information content (AvgIpc) is 2.20. The molecule has 0 atom stereocenters. The third kappa shape index (κ3) is 4.69. The van der Waals surface area contributed by atoms with Gasteiger partial charge in [0, 0.05) is 23.4 Å². The zero-order chi connectivity index (χ0) is 11.3. The molecule has 0 saturated heterocycles. The topological polar surface area (TPSA) is 29.3 Å². The molecule has 84 valence electrons. The number of rotatable bonds is 5. The third-order valence-electron chi connectivity index (χ3n) is 2.06. The summed E-state index contributed by atoms with van der Waals surface area (Å²) in [4.78, 5) is 3.43. The highest BCUT2D eigenvalue weighted by Crippen LogP contribution is 2.22. The minimum absolute atomic E-state index is 0.600. The standard InChI is InChI=1S/C12H20N2S/c1-10(2)15-12-6-4-11(5-7-12)8-14(3)9-13/h4-7,10H,8-9,13H2,1-3H3. The van der Waals surface area contributed by atoms with E-state index in [4.69, 9.17) is 5.73 Å². The van der Waals surface area contributed by atoms with Crippen LogP contribution in [0.15, 0.2) is 29.2 Å². The van der Waals surface area contributed by atoms with Gasteiger partial charge in [0.25, 0.3) is 0 Å². The van der Waals surface area contributed by atoms with E-state index in [-0.39, 0.29) is 0 Å². The number of benzene rings is 1. The van der Waals surface area contributed by atoms with Gasteiger partial charge in [-0.15, -0.1) is 11.8 Å². The molecule has 0 spiro atoms. The second-order valence-corrected chi connectivity index (χ2v) is 5.66. The summed E-state index contributed by atoms with van der Waals surface area (Å²) in [7, 11) is 2.02. The lowest BCUT2D eigenvalue weighted by atomic mass is 10.2. The fraction of sp³-hybridized carbons (Fsp3) is 0.500. The van der Waals surface area contributed by atoms with E-state index in [9.17, 15) is 0 Å². The highest BCUT2D eigenvalue weighted by Gasteiger charge is 2.00. The number of hydrogen-bond donors (Lipinski definition) is 1. The molecular weight excluding hydrogens is 204 g/mol. The predicted octanol–water partition coefficient (Wildman–Crippen LogP) is 2.54. The Kier molecular flexibility index (Phi) is 5.15. The highest BCUT2D eigenvalue weighted by molar-refractivity contribution is 7.99. The Morgan fingerprint density at radius 1 is 1.27 bits per heavy atom. The second-order valence-electron chi connectivity index (χ2n) is 4.01. The number of hydrogen-bond acceptors (Lipinski definition) is 3. The zero-order valence-electron chi connectivity index (χ0n) is 9.73. The fourth-order valence-corrected chi connectivity index (χ4v) is 2.16. The van der Waals surface area contributed by atoms with Gasteiger partial charge in [-0.3, -0.25) is 4.90 Å². The minimum Gasteiger partial charge on any atom is -0.318 e. The van der Waals surface area contributed by atoms with Crippen LogP contribution in [0.5, 0.6) is 0 Å². The van der Waals surface area contributed by atoms with E-state index < -0.39 is 0 Å². The molecule has 0 aromatic heterocycles. The van der Waals surface area contributed by atoms with Crippen molar-refractivity contribution < 1.29 is 0 Å². The van der Waals surface area contributed by atoms with Gasteiger partial charge in [0.2, 0.25) is 0 Å². The van der Waals surface area contributed by atoms with E-state index >= 15 is 0 Å². The van der Waals surface area contributed by atoms with E-state index in [1.807, 2.05) is 18.8 Å². The average molecular weight is 224 g/mol. The molecule has 1 aromatic rings. The molecule has 0 fully saturated rings. The maximum absolute atomic E-state index is 5.54. The second kappa shape index (κ2) is 6.16. The van der Waals surface area contributed by atoms with Gasteiger partial charge in [0.15, 0.2) is 0 Å². The van der Waals surface area contributed by atoms with Crippen molar-refractivity contribution in [3.63, 3.8) is 0 Å². The van der Waals surface area contributed by atoms with Gasteiger partial charge >= 0.3 is 0 Å². The molecule has 0 unspecified atom stereocenters. The number of nitrogens with two attached hydrogens (primary N) is 1. The predicted molar refractivity (Wildman–Crippen MR) is 68.0 cm³/mol. The summed E-state index contributed by atoms with van der Waals surface area (Å²) in [6.45, 7) is 5.94. The number of nitrogens with zero attached hydrogens (tertiary/aromatic N) is 1. The number of thioether (sulfide) groups is 1. The zero-order valence-corrected chi connectivity index (χ0v) is 10.6. The van der Waals surface area contributed by atoms with Crippen LogP contribution in [0.3, 0.4) is 0 Å². The Balaban J connectivity index is 2.56. The maximum Gasteiger partial charge on any atom is 0.0455 e. The Labute approximate surface area is 96.8 Å². The van der Waals surface area contributed by atoms with Crippen LogP contribution in [0.25, 0.3) is 0 Å². The lowest BCUT2D eigenvalue weighted by Crippen LogP contribution is -2.24. The smallest absolute Gasteiger partial charge is 0.0455 e. The van der Waals surface area contributed by atoms with E-state index in [1.165, 1.54) is 10.5 Å². The third-order valence-corrected chi connectivity index (χ3v) is 3.08. The molecule has 1 aromatic carbocycles. The summed E-state index contributed by atoms with van der Waals surface area (Å²) in [6, 6.07) is 8.72. The van der Waals surface area contributed by atoms with Crippen molar-refractivity contribution in [1.29, 1.82) is 0 Å². The van der Waals surface area contributed by atoms with Gasteiger partial charge in [0.1, 0.15) is 0 Å². The first kappa shape index (κ1) is 12.6. The summed E-state index contributed by atoms with van der Waals surface area (Å²) in [6.07, 6.45) is 0. The van der Waals surface area contributed by atoms with Gasteiger partial charge < -0.3 is 5.73 Å². The van der Waals surface area contributed by atoms with E-state index in [1.54, 1.807) is 0 Å². The molecule has 1 rings (SSSR count). The van der Waals surface area contributed by atoms with E-state index in [0.717, 1.165) is 6.54 Å². The van der Waals surface area contributed by atoms with Gasteiger partial charge in [-0.25, -0.2) is 0 Å². The molecule has 15 heavy (non-hydrogen) atoms. The van der Waals surface area contributed by atoms with Crippen LogP contribution in [0.4, 0.5) is 0 Å². The summed E-state index contributed by atoms with van der Waals surface area (Å²) < 4.78 is 0. The lowest BCUT2D eigenvalue weighted by Gasteiger charge is -2.13. The van der Waals surface area contributed by atoms with Crippen molar-refractivity contribution in [2.75, 3.05) is 13.7 Å². The highest BCUT2D eigenvalue weighted by atomic mass is 32.2. The van der Waals surface area contributed by atoms with Crippen LogP contribution in [-0.2, 0) is 6.54 Å². The first-order valence-electron chi connectivity index (χ1n) is 5.26. The maximum atomic E-state index is 5.54. The van der Waals surface area contributed by atoms with Crippen LogP contribution >= 0.6 is 11.8 Å². The monoisotopic (exact) mass is 224 g/mol. The molecule has 0 amide bonds. The SMILES string of the molecule is CC(C)Sc1ccc(CN(C)CN)cc1. The molecule has 0 aliphatic carbocycles. The van der Waals surface area contributed by atoms with Crippen LogP contribution in [0.2, 0.25) is 0 Å². The molecule has 0 bridgehead atoms. The van der Waals surface area contributed by atoms with E-state index in [2.05, 4.69) is 43.0 Å². The van der Waals surface area contributed by atoms with Crippen LogP contribution in [-0.4, -0.2) is 23.9 Å². The molecule has 2 N–H and O–H groups in total. The fourth-order valence-electron chi connectivity index (χ4n) is 1.32. The normalized spacial score (nSPS) is 11.3. The lowest BCUT2D eigenvalue weighted by molar-refractivity contribution is 0.337. The van der Waals surface area contributed by atoms with Crippen molar-refractivity contribution in [1.82, 2.24) is 4.90 Å². The molecule has 0 saturated carbocycles. The molecule has 0 radical (unpaired) electrons. The van der Waals surface area contributed by atoms with Crippen LogP contribution in [0.1, 0.15) is 19.4 Å². The molecule has 2 nitrogen and oxygen atoms in total. The summed E-state index contributed by atoms with van der Waals surface area (Å²) >= 11 is 1.89. The Bertz CT molecular complexity index is 282. The van der Waals surface area contributed by atoms with Crippen LogP contribution in [0, 0.1) is 0 Å². The molecular formula is C12H20N2S. The summed E-state index contributed by atoms with van der Waals surface area (Å²) in [5.41, 5.74) is 6.85. The van der Waals surface area contributed by atoms with Crippen LogP contribution < -0.4 is 5.73 Å². The van der Waals surface area contributed by atoms with Gasteiger partial charge in [0.05, 0.1) is 0 Å². The largest absolute Gasteiger partial charge is 0.318 e. The Hall–Kier alpha value is -0.510. The summed E-state index contributed by atoms with van der Waals surface area (Å²) in [5, 5.41) is 0.641. The summed E-state index contributed by atoms with van der Waals surface area (Å²) in [5.74, 6) is 0. The van der Waals surface area contributed by atoms with Crippen molar-refractivity contribution in [3.05, 3.63) is 29.8 Å². The van der Waals surface area contributed by atoms with Crippen molar-refractivity contribution in [3.8, 4) is 0 Å². The van der Waals surface area contributed by atoms with Crippen molar-refractivity contribution in [2.45, 2.75) is 30.5 Å². The van der Waals surface area contributed by atoms with Gasteiger partial charge in [-0.1, -0.05) is 26.0 Å². The first-order chi connectivity index (χ1) is 7.11. The van der Waals surface area contributed by atoms with Gasteiger partial charge in [-0.05, 0) is 24.7 Å². The van der Waals surface area contributed by atoms with Crippen molar-refractivity contribution >= 4 is 11.8 Å².